The van der Waals surface area contributed by atoms with Crippen molar-refractivity contribution in [3.8, 4) is 57.1 Å². The molecule has 11 bridgehead atoms. The van der Waals surface area contributed by atoms with Crippen molar-refractivity contribution in [2.75, 3.05) is 13.7 Å². The first-order chi connectivity index (χ1) is 49.1. The highest BCUT2D eigenvalue weighted by molar-refractivity contribution is 6.32. The number of ether oxygens (including phenoxy) is 5. The Labute approximate surface area is 604 Å². The first-order valence-corrected chi connectivity index (χ1v) is 34.1. The fourth-order valence-electron chi connectivity index (χ4n) is 13.8. The van der Waals surface area contributed by atoms with Crippen molar-refractivity contribution in [1.82, 2.24) is 42.5 Å². The van der Waals surface area contributed by atoms with Crippen LogP contribution in [-0.4, -0.2) is 191 Å². The highest BCUT2D eigenvalue weighted by Gasteiger charge is 2.52. The number of hydrogen-bond acceptors (Lipinski definition) is 24. The van der Waals surface area contributed by atoms with Crippen LogP contribution in [0.3, 0.4) is 0 Å². The quantitative estimate of drug-likeness (QED) is 0.0710. The van der Waals surface area contributed by atoms with Crippen LogP contribution in [0.2, 0.25) is 10.0 Å². The number of nitrogens with two attached hydrogens (primary N) is 1. The van der Waals surface area contributed by atoms with Gasteiger partial charge in [-0.2, -0.15) is 0 Å². The zero-order valence-corrected chi connectivity index (χ0v) is 58.6. The van der Waals surface area contributed by atoms with Crippen molar-refractivity contribution >= 4 is 70.5 Å². The normalized spacial score (nSPS) is 29.0. The van der Waals surface area contributed by atoms with Crippen molar-refractivity contribution in [2.45, 2.75) is 176 Å². The van der Waals surface area contributed by atoms with Crippen LogP contribution in [0.4, 0.5) is 0 Å². The number of fused-ring (bicyclic) bond motifs is 15. The molecule has 18 atom stereocenters. The molecule has 10 unspecified atom stereocenters. The molecule has 6 heterocycles. The van der Waals surface area contributed by atoms with Crippen molar-refractivity contribution in [3.05, 3.63) is 117 Å². The number of amides is 7. The minimum atomic E-state index is -2.33. The number of aromatic hydroxyl groups is 3. The Kier molecular flexibility index (Phi) is 23.6. The van der Waals surface area contributed by atoms with Crippen molar-refractivity contribution in [1.29, 1.82) is 0 Å². The third kappa shape index (κ3) is 16.5. The molecule has 5 aromatic carbocycles. The van der Waals surface area contributed by atoms with Crippen LogP contribution in [0, 0.1) is 11.8 Å². The number of hydrogen-bond donors (Lipinski definition) is 19. The van der Waals surface area contributed by atoms with Crippen molar-refractivity contribution < 1.29 is 113 Å². The summed E-state index contributed by atoms with van der Waals surface area (Å²) in [6.45, 7) is 10.1. The van der Waals surface area contributed by atoms with Crippen LogP contribution >= 0.6 is 23.2 Å². The molecule has 7 amide bonds. The molecule has 7 aliphatic rings. The molecule has 0 aromatic heterocycles. The largest absolute Gasteiger partial charge is 0.508 e. The molecule has 20 N–H and O–H groups in total. The standard InChI is InChI=1S/C70H83Cl2N9O23/c1-26(2)14-39(74-7)62(92)79-53-55(87)30-9-12-43(37(71)17-30)101-45-19-32-20-46(59(45)104-69-60(58(90)57(89)47(25-82)103-69)100-34-15-28(5)61(91)70(6,24-34)81-27(3)4)102-44-13-10-31(18-38(44)72)56(88)54-67(97)78-52(68(98)99)36-21-33(83)22-42(85)49(36)35-16-29(8-11-41(35)84)50(64(94)80-54)77-65(95)51(32)76-63(93)40(23-48(73)86)75-66(53)96/h8-13,16-22,26-28,34,39-40,47,50-58,60-61,69,74,81-85,87-91H,14-15,23-25H2,1-7H3,(H2,73,86)(H,75,96)(H,76,93)(H,77,95)(H,78,97)(H,79,92)(H,80,94)(H,98,99)/t28?,34?,39-,40+,47?,50-,51-,52?,53-,54+,55-,56-,57?,58?,60?,61?,69?,70?/m1/s1. The third-order valence-corrected chi connectivity index (χ3v) is 19.4. The topological polar surface area (TPSA) is 507 Å². The summed E-state index contributed by atoms with van der Waals surface area (Å²) in [5.74, 6) is -16.1. The molecule has 560 valence electrons. The van der Waals surface area contributed by atoms with E-state index >= 15 is 14.4 Å². The number of primary amides is 1. The zero-order valence-electron chi connectivity index (χ0n) is 57.1. The van der Waals surface area contributed by atoms with Gasteiger partial charge in [-0.25, -0.2) is 4.79 Å². The lowest BCUT2D eigenvalue weighted by Gasteiger charge is -2.49. The maximum Gasteiger partial charge on any atom is 0.330 e. The Morgan fingerprint density at radius 2 is 1.32 bits per heavy atom. The van der Waals surface area contributed by atoms with E-state index in [4.69, 9.17) is 52.6 Å². The highest BCUT2D eigenvalue weighted by atomic mass is 35.5. The average molecular weight is 1490 g/mol. The molecule has 0 spiro atoms. The molecule has 34 heteroatoms. The van der Waals surface area contributed by atoms with Gasteiger partial charge in [0.25, 0.3) is 0 Å². The van der Waals surface area contributed by atoms with E-state index in [2.05, 4.69) is 42.5 Å². The molecular formula is C70H83Cl2N9O23. The van der Waals surface area contributed by atoms with Gasteiger partial charge in [-0.3, -0.25) is 33.6 Å². The Bertz CT molecular complexity index is 4150. The maximum atomic E-state index is 16.1. The van der Waals surface area contributed by atoms with Gasteiger partial charge in [0.1, 0.15) is 95.6 Å². The van der Waals surface area contributed by atoms with E-state index in [1.54, 1.807) is 13.8 Å². The smallest absolute Gasteiger partial charge is 0.330 e. The van der Waals surface area contributed by atoms with Crippen LogP contribution in [0.5, 0.6) is 46.0 Å². The predicted octanol–water partition coefficient (Wildman–Crippen LogP) is 1.81. The average Bonchev–Trinajstić information content (AvgIpc) is 0.768. The van der Waals surface area contributed by atoms with Gasteiger partial charge in [0.05, 0.1) is 41.3 Å². The van der Waals surface area contributed by atoms with Gasteiger partial charge in [0.2, 0.25) is 53.4 Å². The van der Waals surface area contributed by atoms with Crippen LogP contribution < -0.4 is 62.5 Å². The number of rotatable bonds is 15. The fourth-order valence-corrected chi connectivity index (χ4v) is 14.3. The lowest BCUT2D eigenvalue weighted by atomic mass is 9.73. The van der Waals surface area contributed by atoms with E-state index in [-0.39, 0.29) is 64.4 Å². The Morgan fingerprint density at radius 1 is 0.712 bits per heavy atom. The lowest BCUT2D eigenvalue weighted by Crippen LogP contribution is -2.64. The van der Waals surface area contributed by atoms with E-state index in [9.17, 15) is 75.0 Å². The molecule has 6 aliphatic heterocycles. The number of carboxylic acid groups (broad SMARTS) is 1. The summed E-state index contributed by atoms with van der Waals surface area (Å²) in [6, 6.07) is -0.445. The second-order valence-corrected chi connectivity index (χ2v) is 28.3. The number of carbonyl (C=O) groups is 8. The number of benzene rings is 5. The van der Waals surface area contributed by atoms with E-state index in [1.807, 2.05) is 27.7 Å². The second kappa shape index (κ2) is 31.7. The summed E-state index contributed by atoms with van der Waals surface area (Å²) < 4.78 is 33.2. The summed E-state index contributed by atoms with van der Waals surface area (Å²) >= 11 is 14.2. The molecule has 1 aliphatic carbocycles. The van der Waals surface area contributed by atoms with E-state index in [0.717, 1.165) is 60.7 Å². The molecule has 32 nitrogen and oxygen atoms in total. The van der Waals surface area contributed by atoms with Gasteiger partial charge in [0.15, 0.2) is 17.5 Å². The van der Waals surface area contributed by atoms with Crippen LogP contribution in [0.15, 0.2) is 78.9 Å². The maximum absolute atomic E-state index is 16.1. The number of phenolic OH excluding ortho intramolecular Hbond substituents is 3. The molecule has 2 fully saturated rings. The Morgan fingerprint density at radius 3 is 1.90 bits per heavy atom. The van der Waals surface area contributed by atoms with Crippen LogP contribution in [0.1, 0.15) is 125 Å². The first kappa shape index (κ1) is 77.5. The number of aliphatic carboxylic acids is 1. The number of nitrogens with one attached hydrogen (secondary N) is 8. The minimum Gasteiger partial charge on any atom is -0.508 e. The molecular weight excluding hydrogens is 1410 g/mol. The number of phenols is 3. The van der Waals surface area contributed by atoms with Gasteiger partial charge in [-0.15, -0.1) is 0 Å². The van der Waals surface area contributed by atoms with E-state index < -0.39 is 231 Å². The van der Waals surface area contributed by atoms with Crippen LogP contribution in [-0.2, 0) is 47.8 Å². The number of aliphatic hydroxyl groups is 6. The highest BCUT2D eigenvalue weighted by Crippen LogP contribution is 2.50. The lowest BCUT2D eigenvalue weighted by molar-refractivity contribution is -0.299. The summed E-state index contributed by atoms with van der Waals surface area (Å²) in [7, 11) is 1.48. The Hall–Kier alpha value is -9.16. The van der Waals surface area contributed by atoms with Crippen LogP contribution in [0.25, 0.3) is 11.1 Å². The second-order valence-electron chi connectivity index (χ2n) is 27.5. The molecule has 104 heavy (non-hydrogen) atoms. The summed E-state index contributed by atoms with van der Waals surface area (Å²) in [6.07, 6.45) is -15.6. The van der Waals surface area contributed by atoms with Gasteiger partial charge in [-0.1, -0.05) is 76.0 Å². The monoisotopic (exact) mass is 1490 g/mol. The molecule has 1 saturated heterocycles. The van der Waals surface area contributed by atoms with E-state index in [1.165, 1.54) is 25.2 Å². The van der Waals surface area contributed by atoms with Gasteiger partial charge in [0, 0.05) is 34.3 Å². The van der Waals surface area contributed by atoms with Gasteiger partial charge >= 0.3 is 5.97 Å². The number of halogens is 2. The summed E-state index contributed by atoms with van der Waals surface area (Å²) in [4.78, 5) is 117. The summed E-state index contributed by atoms with van der Waals surface area (Å²) in [5.41, 5.74) is 2.03. The SMILES string of the molecule is CN[C@H](CC(C)C)C(=O)N[C@H]1C(=O)N[C@@H](CC(N)=O)C(=O)N[C@H]2C(=O)N[C@H]3C(=O)N[C@H](C(=O)NC(C(=O)O)c4cc(O)cc(O)c4-c4cc3ccc4O)[C@H](O)c3ccc(c(Cl)c3)Oc3cc2cc(c3OC2OC(CO)C(O)C(O)C2OC2CC(C)C(O)C(C)(NC(C)C)C2)Oc2ccc(cc2Cl)[C@H]1O. The predicted molar refractivity (Wildman–Crippen MR) is 367 cm³/mol. The van der Waals surface area contributed by atoms with Gasteiger partial charge < -0.3 is 123 Å². The van der Waals surface area contributed by atoms with Crippen molar-refractivity contribution in [2.24, 2.45) is 17.6 Å². The Balaban J connectivity index is 1.24. The zero-order chi connectivity index (χ0) is 75.8. The minimum absolute atomic E-state index is 0.0917. The van der Waals surface area contributed by atoms with Gasteiger partial charge in [-0.05, 0) is 122 Å². The summed E-state index contributed by atoms with van der Waals surface area (Å²) in [5, 5.41) is 135. The number of carbonyl (C=O) groups excluding carboxylic acids is 7. The fraction of sp³-hybridized carbons (Fsp3) is 0.457. The third-order valence-electron chi connectivity index (χ3n) is 18.8. The molecule has 5 aromatic rings. The van der Waals surface area contributed by atoms with E-state index in [0.29, 0.717) is 0 Å². The molecule has 1 saturated carbocycles. The van der Waals surface area contributed by atoms with Crippen molar-refractivity contribution in [3.63, 3.8) is 0 Å². The number of likely N-dealkylation sites (N-methyl/N-ethyl adjacent to an activating group) is 1. The first-order valence-electron chi connectivity index (χ1n) is 33.4. The number of aliphatic hydroxyl groups excluding tert-OH is 6. The molecule has 0 radical (unpaired) electrons. The molecule has 12 rings (SSSR count). The number of carboxylic acids is 1.